The Bertz CT molecular complexity index is 1270. The van der Waals surface area contributed by atoms with E-state index in [2.05, 4.69) is 39.0 Å². The van der Waals surface area contributed by atoms with E-state index in [-0.39, 0.29) is 0 Å². The van der Waals surface area contributed by atoms with Gasteiger partial charge in [0.2, 0.25) is 0 Å². The molecule has 1 aromatic carbocycles. The molecule has 0 spiro atoms. The summed E-state index contributed by atoms with van der Waals surface area (Å²) in [6.45, 7) is 3.78. The predicted octanol–water partition coefficient (Wildman–Crippen LogP) is 5.85. The Hall–Kier alpha value is -2.35. The van der Waals surface area contributed by atoms with Gasteiger partial charge in [-0.15, -0.1) is 23.1 Å². The van der Waals surface area contributed by atoms with Gasteiger partial charge in [0.15, 0.2) is 0 Å². The van der Waals surface area contributed by atoms with Crippen molar-refractivity contribution in [2.45, 2.75) is 29.9 Å². The van der Waals surface area contributed by atoms with E-state index in [9.17, 15) is 0 Å². The molecule has 1 saturated heterocycles. The Labute approximate surface area is 206 Å². The average molecular weight is 494 g/mol. The maximum Gasteiger partial charge on any atom is 0.142 e. The Morgan fingerprint density at radius 1 is 0.939 bits per heavy atom. The molecule has 0 radical (unpaired) electrons. The molecule has 33 heavy (non-hydrogen) atoms. The summed E-state index contributed by atoms with van der Waals surface area (Å²) in [5.74, 6) is 3.85. The van der Waals surface area contributed by atoms with Gasteiger partial charge in [0.05, 0.1) is 11.1 Å². The number of hydrogen-bond acceptors (Lipinski definition) is 7. The van der Waals surface area contributed by atoms with Crippen molar-refractivity contribution in [3.8, 4) is 0 Å². The van der Waals surface area contributed by atoms with Gasteiger partial charge < -0.3 is 9.80 Å². The van der Waals surface area contributed by atoms with E-state index in [1.807, 2.05) is 35.7 Å². The van der Waals surface area contributed by atoms with Crippen molar-refractivity contribution in [2.75, 3.05) is 36.0 Å². The molecule has 0 amide bonds. The number of aromatic nitrogens is 3. The van der Waals surface area contributed by atoms with Crippen molar-refractivity contribution in [1.29, 1.82) is 0 Å². The summed E-state index contributed by atoms with van der Waals surface area (Å²) >= 11 is 9.68. The molecule has 3 aromatic heterocycles. The van der Waals surface area contributed by atoms with Crippen LogP contribution in [0.3, 0.4) is 0 Å². The molecule has 1 aliphatic heterocycles. The predicted molar refractivity (Wildman–Crippen MR) is 139 cm³/mol. The van der Waals surface area contributed by atoms with Crippen molar-refractivity contribution in [3.63, 3.8) is 0 Å². The van der Waals surface area contributed by atoms with Crippen LogP contribution in [-0.2, 0) is 18.6 Å². The SMILES string of the molecule is Clc1ccc(SCc2nc(N3CCN(c4ccccn4)CC3)c3c4c(sc3n2)CCC4)cc1. The highest BCUT2D eigenvalue weighted by atomic mass is 35.5. The Kier molecular flexibility index (Phi) is 5.86. The zero-order chi connectivity index (χ0) is 22.2. The van der Waals surface area contributed by atoms with Crippen LogP contribution >= 0.6 is 34.7 Å². The molecule has 4 aromatic rings. The van der Waals surface area contributed by atoms with Gasteiger partial charge in [-0.25, -0.2) is 15.0 Å². The van der Waals surface area contributed by atoms with E-state index < -0.39 is 0 Å². The van der Waals surface area contributed by atoms with Crippen molar-refractivity contribution >= 4 is 56.6 Å². The molecular formula is C25H24ClN5S2. The maximum atomic E-state index is 6.04. The molecule has 1 aliphatic carbocycles. The van der Waals surface area contributed by atoms with Crippen molar-refractivity contribution < 1.29 is 0 Å². The van der Waals surface area contributed by atoms with Gasteiger partial charge in [0.1, 0.15) is 22.3 Å². The molecule has 5 nitrogen and oxygen atoms in total. The normalized spacial score (nSPS) is 15.9. The second-order valence-electron chi connectivity index (χ2n) is 8.41. The molecular weight excluding hydrogens is 470 g/mol. The molecule has 8 heteroatoms. The first-order chi connectivity index (χ1) is 16.2. The number of piperazine rings is 1. The maximum absolute atomic E-state index is 6.04. The number of fused-ring (bicyclic) bond motifs is 3. The van der Waals surface area contributed by atoms with Gasteiger partial charge >= 0.3 is 0 Å². The van der Waals surface area contributed by atoms with E-state index in [0.717, 1.165) is 65.7 Å². The van der Waals surface area contributed by atoms with Crippen LogP contribution in [0.25, 0.3) is 10.2 Å². The smallest absolute Gasteiger partial charge is 0.142 e. The van der Waals surface area contributed by atoms with E-state index in [1.54, 1.807) is 11.8 Å². The summed E-state index contributed by atoms with van der Waals surface area (Å²) in [6, 6.07) is 14.1. The van der Waals surface area contributed by atoms with E-state index in [4.69, 9.17) is 21.6 Å². The zero-order valence-corrected chi connectivity index (χ0v) is 20.6. The number of benzene rings is 1. The van der Waals surface area contributed by atoms with Crippen LogP contribution < -0.4 is 9.80 Å². The zero-order valence-electron chi connectivity index (χ0n) is 18.2. The lowest BCUT2D eigenvalue weighted by Gasteiger charge is -2.36. The van der Waals surface area contributed by atoms with Crippen LogP contribution in [0, 0.1) is 0 Å². The van der Waals surface area contributed by atoms with Gasteiger partial charge in [-0.3, -0.25) is 0 Å². The molecule has 0 N–H and O–H groups in total. The summed E-state index contributed by atoms with van der Waals surface area (Å²) in [7, 11) is 0. The fourth-order valence-corrected chi connectivity index (χ4v) is 6.83. The Balaban J connectivity index is 1.28. The lowest BCUT2D eigenvalue weighted by atomic mass is 10.1. The third-order valence-corrected chi connectivity index (χ3v) is 8.77. The van der Waals surface area contributed by atoms with E-state index in [1.165, 1.54) is 33.6 Å². The fourth-order valence-electron chi connectivity index (χ4n) is 4.68. The number of thioether (sulfide) groups is 1. The van der Waals surface area contributed by atoms with Crippen LogP contribution in [0.5, 0.6) is 0 Å². The minimum Gasteiger partial charge on any atom is -0.353 e. The molecule has 6 rings (SSSR count). The number of anilines is 2. The molecule has 0 saturated carbocycles. The van der Waals surface area contributed by atoms with Crippen LogP contribution in [-0.4, -0.2) is 41.1 Å². The molecule has 0 unspecified atom stereocenters. The minimum absolute atomic E-state index is 0.751. The third kappa shape index (κ3) is 4.29. The second kappa shape index (κ2) is 9.12. The summed E-state index contributed by atoms with van der Waals surface area (Å²) < 4.78 is 0. The second-order valence-corrected chi connectivity index (χ2v) is 11.0. The lowest BCUT2D eigenvalue weighted by molar-refractivity contribution is 0.642. The topological polar surface area (TPSA) is 45.2 Å². The summed E-state index contributed by atoms with van der Waals surface area (Å²) in [6.07, 6.45) is 5.45. The Morgan fingerprint density at radius 2 is 1.76 bits per heavy atom. The molecule has 1 fully saturated rings. The number of pyridine rings is 1. The summed E-state index contributed by atoms with van der Waals surface area (Å²) in [5, 5.41) is 2.07. The number of nitrogens with zero attached hydrogens (tertiary/aromatic N) is 5. The lowest BCUT2D eigenvalue weighted by Crippen LogP contribution is -2.47. The molecule has 4 heterocycles. The highest BCUT2D eigenvalue weighted by molar-refractivity contribution is 7.98. The van der Waals surface area contributed by atoms with Crippen LogP contribution in [0.1, 0.15) is 22.7 Å². The molecule has 168 valence electrons. The standard InChI is InChI=1S/C25H24ClN5S2/c26-17-7-9-18(10-8-17)32-16-21-28-24(23-19-4-3-5-20(19)33-25(23)29-21)31-14-12-30(13-15-31)22-6-1-2-11-27-22/h1-2,6-11H,3-5,12-16H2. The van der Waals surface area contributed by atoms with Gasteiger partial charge in [0, 0.05) is 47.2 Å². The number of hydrogen-bond donors (Lipinski definition) is 0. The summed E-state index contributed by atoms with van der Waals surface area (Å²) in [5.41, 5.74) is 1.49. The van der Waals surface area contributed by atoms with E-state index in [0.29, 0.717) is 0 Å². The van der Waals surface area contributed by atoms with E-state index >= 15 is 0 Å². The third-order valence-electron chi connectivity index (χ3n) is 6.33. The number of thiophene rings is 1. The van der Waals surface area contributed by atoms with Gasteiger partial charge in [-0.1, -0.05) is 17.7 Å². The van der Waals surface area contributed by atoms with Gasteiger partial charge in [0.25, 0.3) is 0 Å². The van der Waals surface area contributed by atoms with Crippen molar-refractivity contribution in [1.82, 2.24) is 15.0 Å². The van der Waals surface area contributed by atoms with Crippen LogP contribution in [0.15, 0.2) is 53.6 Å². The molecule has 2 aliphatic rings. The van der Waals surface area contributed by atoms with Crippen molar-refractivity contribution in [3.05, 3.63) is 69.9 Å². The van der Waals surface area contributed by atoms with Crippen molar-refractivity contribution in [2.24, 2.45) is 0 Å². The minimum atomic E-state index is 0.751. The first kappa shape index (κ1) is 21.2. The number of rotatable bonds is 5. The van der Waals surface area contributed by atoms with Gasteiger partial charge in [-0.2, -0.15) is 0 Å². The fraction of sp³-hybridized carbons (Fsp3) is 0.320. The van der Waals surface area contributed by atoms with Gasteiger partial charge in [-0.05, 0) is 61.2 Å². The number of halogens is 1. The number of aryl methyl sites for hydroxylation is 2. The average Bonchev–Trinajstić information content (AvgIpc) is 3.45. The van der Waals surface area contributed by atoms with Crippen LogP contribution in [0.4, 0.5) is 11.6 Å². The first-order valence-corrected chi connectivity index (χ1v) is 13.5. The molecule has 0 bridgehead atoms. The summed E-state index contributed by atoms with van der Waals surface area (Å²) in [4.78, 5) is 23.4. The highest BCUT2D eigenvalue weighted by Gasteiger charge is 2.27. The Morgan fingerprint density at radius 3 is 2.55 bits per heavy atom. The monoisotopic (exact) mass is 493 g/mol. The highest BCUT2D eigenvalue weighted by Crippen LogP contribution is 2.41. The largest absolute Gasteiger partial charge is 0.353 e. The molecule has 0 atom stereocenters. The van der Waals surface area contributed by atoms with Crippen LogP contribution in [0.2, 0.25) is 5.02 Å². The quantitative estimate of drug-likeness (QED) is 0.325. The first-order valence-electron chi connectivity index (χ1n) is 11.3.